The van der Waals surface area contributed by atoms with Gasteiger partial charge in [-0.25, -0.2) is 0 Å². The zero-order chi connectivity index (χ0) is 18.4. The molecule has 0 bridgehead atoms. The number of nitrogens with one attached hydrogen (secondary N) is 1. The second-order valence-corrected chi connectivity index (χ2v) is 13.0. The third-order valence-electron chi connectivity index (χ3n) is 4.49. The van der Waals surface area contributed by atoms with E-state index in [0.29, 0.717) is 24.0 Å². The Bertz CT molecular complexity index is 505. The summed E-state index contributed by atoms with van der Waals surface area (Å²) in [7, 11) is -1.75. The van der Waals surface area contributed by atoms with Crippen LogP contribution in [-0.4, -0.2) is 45.3 Å². The Morgan fingerprint density at radius 3 is 2.46 bits per heavy atom. The molecular formula is C18H32ClNO3Si. The molecule has 0 unspecified atom stereocenters. The van der Waals surface area contributed by atoms with Crippen molar-refractivity contribution < 1.29 is 14.3 Å². The van der Waals surface area contributed by atoms with Crippen molar-refractivity contribution in [1.29, 1.82) is 0 Å². The quantitative estimate of drug-likeness (QED) is 0.640. The summed E-state index contributed by atoms with van der Waals surface area (Å²) in [5, 5.41) is 13.8. The monoisotopic (exact) mass is 373 g/mol. The van der Waals surface area contributed by atoms with Gasteiger partial charge in [-0.1, -0.05) is 38.4 Å². The van der Waals surface area contributed by atoms with Crippen molar-refractivity contribution in [3.8, 4) is 5.75 Å². The highest BCUT2D eigenvalue weighted by Crippen LogP contribution is 2.36. The molecule has 0 aliphatic rings. The highest BCUT2D eigenvalue weighted by molar-refractivity contribution is 6.74. The largest absolute Gasteiger partial charge is 0.492 e. The van der Waals surface area contributed by atoms with Gasteiger partial charge in [0.05, 0.1) is 12.6 Å². The SMILES string of the molecule is C[C@@H](CO[Si](C)(C)C(C)(C)C)N[C@H](CO)COc1cccc(Cl)c1. The average molecular weight is 374 g/mol. The molecule has 0 heterocycles. The van der Waals surface area contributed by atoms with Gasteiger partial charge in [-0.2, -0.15) is 0 Å². The Balaban J connectivity index is 2.44. The minimum atomic E-state index is -1.75. The van der Waals surface area contributed by atoms with Gasteiger partial charge in [-0.15, -0.1) is 0 Å². The fourth-order valence-electron chi connectivity index (χ4n) is 1.91. The fourth-order valence-corrected chi connectivity index (χ4v) is 3.19. The van der Waals surface area contributed by atoms with Crippen LogP contribution < -0.4 is 10.1 Å². The molecule has 2 N–H and O–H groups in total. The number of aliphatic hydroxyl groups is 1. The van der Waals surface area contributed by atoms with Gasteiger partial charge in [-0.3, -0.25) is 0 Å². The van der Waals surface area contributed by atoms with Gasteiger partial charge in [0, 0.05) is 17.7 Å². The van der Waals surface area contributed by atoms with Crippen LogP contribution >= 0.6 is 11.6 Å². The van der Waals surface area contributed by atoms with Crippen LogP contribution in [0.25, 0.3) is 0 Å². The van der Waals surface area contributed by atoms with Gasteiger partial charge < -0.3 is 19.6 Å². The van der Waals surface area contributed by atoms with Crippen LogP contribution in [0.4, 0.5) is 0 Å². The van der Waals surface area contributed by atoms with Crippen LogP contribution in [0.15, 0.2) is 24.3 Å². The van der Waals surface area contributed by atoms with Crippen molar-refractivity contribution >= 4 is 19.9 Å². The molecule has 1 aromatic rings. The van der Waals surface area contributed by atoms with E-state index in [2.05, 4.69) is 46.1 Å². The Morgan fingerprint density at radius 1 is 1.25 bits per heavy atom. The molecule has 1 aromatic carbocycles. The number of hydrogen-bond donors (Lipinski definition) is 2. The van der Waals surface area contributed by atoms with Gasteiger partial charge in [0.15, 0.2) is 8.32 Å². The molecule has 4 nitrogen and oxygen atoms in total. The zero-order valence-electron chi connectivity index (χ0n) is 15.7. The first-order valence-electron chi connectivity index (χ1n) is 8.44. The maximum absolute atomic E-state index is 9.56. The number of ether oxygens (including phenoxy) is 1. The Morgan fingerprint density at radius 2 is 1.92 bits per heavy atom. The van der Waals surface area contributed by atoms with E-state index in [-0.39, 0.29) is 23.7 Å². The van der Waals surface area contributed by atoms with E-state index >= 15 is 0 Å². The van der Waals surface area contributed by atoms with E-state index in [4.69, 9.17) is 20.8 Å². The summed E-state index contributed by atoms with van der Waals surface area (Å²) in [6.45, 7) is 14.2. The summed E-state index contributed by atoms with van der Waals surface area (Å²) in [6, 6.07) is 7.25. The predicted molar refractivity (Wildman–Crippen MR) is 104 cm³/mol. The van der Waals surface area contributed by atoms with Gasteiger partial charge in [0.25, 0.3) is 0 Å². The molecule has 0 aliphatic heterocycles. The maximum atomic E-state index is 9.56. The Labute approximate surface area is 152 Å². The second kappa shape index (κ2) is 9.20. The molecule has 0 amide bonds. The Kier molecular flexibility index (Phi) is 8.22. The lowest BCUT2D eigenvalue weighted by Crippen LogP contribution is -2.48. The van der Waals surface area contributed by atoms with E-state index in [1.807, 2.05) is 12.1 Å². The van der Waals surface area contributed by atoms with Crippen LogP contribution in [0.3, 0.4) is 0 Å². The Hall–Kier alpha value is -0.593. The molecule has 0 aliphatic carbocycles. The highest BCUT2D eigenvalue weighted by Gasteiger charge is 2.37. The van der Waals surface area contributed by atoms with E-state index in [1.165, 1.54) is 0 Å². The number of halogens is 1. The lowest BCUT2D eigenvalue weighted by Gasteiger charge is -2.37. The summed E-state index contributed by atoms with van der Waals surface area (Å²) >= 11 is 5.94. The van der Waals surface area contributed by atoms with Crippen molar-refractivity contribution in [2.45, 2.75) is 57.9 Å². The lowest BCUT2D eigenvalue weighted by molar-refractivity contribution is 0.159. The molecular weight excluding hydrogens is 342 g/mol. The average Bonchev–Trinajstić information content (AvgIpc) is 2.48. The third-order valence-corrected chi connectivity index (χ3v) is 9.22. The van der Waals surface area contributed by atoms with Crippen molar-refractivity contribution in [3.05, 3.63) is 29.3 Å². The smallest absolute Gasteiger partial charge is 0.192 e. The molecule has 0 saturated carbocycles. The minimum absolute atomic E-state index is 0.00496. The minimum Gasteiger partial charge on any atom is -0.492 e. The van der Waals surface area contributed by atoms with Gasteiger partial charge >= 0.3 is 0 Å². The number of hydrogen-bond acceptors (Lipinski definition) is 4. The van der Waals surface area contributed by atoms with E-state index in [1.54, 1.807) is 12.1 Å². The van der Waals surface area contributed by atoms with Crippen LogP contribution in [-0.2, 0) is 4.43 Å². The summed E-state index contributed by atoms with van der Waals surface area (Å²) < 4.78 is 11.9. The van der Waals surface area contributed by atoms with Crippen LogP contribution in [0.1, 0.15) is 27.7 Å². The third kappa shape index (κ3) is 7.11. The van der Waals surface area contributed by atoms with E-state index in [9.17, 15) is 5.11 Å². The van der Waals surface area contributed by atoms with Gasteiger partial charge in [0.1, 0.15) is 12.4 Å². The summed E-state index contributed by atoms with van der Waals surface area (Å²) in [6.07, 6.45) is 0. The van der Waals surface area contributed by atoms with E-state index in [0.717, 1.165) is 0 Å². The maximum Gasteiger partial charge on any atom is 0.192 e. The van der Waals surface area contributed by atoms with Crippen molar-refractivity contribution in [3.63, 3.8) is 0 Å². The first kappa shape index (κ1) is 21.4. The topological polar surface area (TPSA) is 50.7 Å². The molecule has 0 radical (unpaired) electrons. The van der Waals surface area contributed by atoms with Crippen molar-refractivity contribution in [1.82, 2.24) is 5.32 Å². The molecule has 6 heteroatoms. The molecule has 138 valence electrons. The van der Waals surface area contributed by atoms with Gasteiger partial charge in [-0.05, 0) is 43.3 Å². The van der Waals surface area contributed by atoms with Crippen LogP contribution in [0, 0.1) is 0 Å². The van der Waals surface area contributed by atoms with Crippen LogP contribution in [0.5, 0.6) is 5.75 Å². The standard InChI is InChI=1S/C18H32ClNO3Si/c1-14(12-23-24(5,6)18(2,3)4)20-16(11-21)13-22-17-9-7-8-15(19)10-17/h7-10,14,16,20-21H,11-13H2,1-6H3/t14-,16+/m0/s1. The first-order valence-corrected chi connectivity index (χ1v) is 11.7. The first-order chi connectivity index (χ1) is 11.0. The molecule has 24 heavy (non-hydrogen) atoms. The lowest BCUT2D eigenvalue weighted by atomic mass is 10.2. The number of benzene rings is 1. The predicted octanol–water partition coefficient (Wildman–Crippen LogP) is 4.08. The zero-order valence-corrected chi connectivity index (χ0v) is 17.5. The van der Waals surface area contributed by atoms with Crippen molar-refractivity contribution in [2.75, 3.05) is 19.8 Å². The van der Waals surface area contributed by atoms with Crippen molar-refractivity contribution in [2.24, 2.45) is 0 Å². The number of rotatable bonds is 9. The molecule has 0 spiro atoms. The highest BCUT2D eigenvalue weighted by atomic mass is 35.5. The molecule has 0 aromatic heterocycles. The van der Waals surface area contributed by atoms with Gasteiger partial charge in [0.2, 0.25) is 0 Å². The summed E-state index contributed by atoms with van der Waals surface area (Å²) in [5.74, 6) is 0.702. The second-order valence-electron chi connectivity index (χ2n) is 7.79. The number of aliphatic hydroxyl groups excluding tert-OH is 1. The molecule has 0 fully saturated rings. The van der Waals surface area contributed by atoms with E-state index < -0.39 is 8.32 Å². The molecule has 0 saturated heterocycles. The molecule has 1 rings (SSSR count). The summed E-state index contributed by atoms with van der Waals surface area (Å²) in [5.41, 5.74) is 0. The van der Waals surface area contributed by atoms with Crippen LogP contribution in [0.2, 0.25) is 23.2 Å². The normalized spacial score (nSPS) is 15.2. The fraction of sp³-hybridized carbons (Fsp3) is 0.667. The molecule has 2 atom stereocenters. The summed E-state index contributed by atoms with van der Waals surface area (Å²) in [4.78, 5) is 0.